The SMILES string of the molecule is CC(C)C(C(C)O[C@H]1[C@H](n2nnc(N)n2)C[C@@]23COCC1(C)[C@@H]2CC[C@H]1C3=CC[C@@]2(C)[C@H](C(=O)O)[C@@](C)([C@H](C)C(C)C)CC[C@]12C)N(C)C. The molecule has 0 amide bonds. The second-order valence-electron chi connectivity index (χ2n) is 19.0. The fraction of sp³-hybridized carbons (Fsp3) is 0.897. The highest BCUT2D eigenvalue weighted by atomic mass is 16.5. The molecule has 5 aliphatic rings. The second kappa shape index (κ2) is 12.3. The number of carbonyl (C=O) groups is 1. The van der Waals surface area contributed by atoms with Gasteiger partial charge in [0, 0.05) is 16.9 Å². The van der Waals surface area contributed by atoms with Gasteiger partial charge in [-0.2, -0.15) is 4.80 Å². The molecule has 3 N–H and O–H groups in total. The summed E-state index contributed by atoms with van der Waals surface area (Å²) in [5.41, 5.74) is 6.32. The first-order valence-electron chi connectivity index (χ1n) is 19.2. The fourth-order valence-electron chi connectivity index (χ4n) is 13.3. The Labute approximate surface area is 295 Å². The summed E-state index contributed by atoms with van der Waals surface area (Å²) in [6, 6.07) is 0.0719. The molecule has 2 heterocycles. The van der Waals surface area contributed by atoms with Crippen molar-refractivity contribution in [1.29, 1.82) is 0 Å². The number of nitrogen functional groups attached to an aromatic ring is 1. The van der Waals surface area contributed by atoms with Gasteiger partial charge in [-0.25, -0.2) is 0 Å². The van der Waals surface area contributed by atoms with Crippen LogP contribution in [0.2, 0.25) is 0 Å². The van der Waals surface area contributed by atoms with Crippen molar-refractivity contribution in [1.82, 2.24) is 25.1 Å². The molecule has 10 heteroatoms. The van der Waals surface area contributed by atoms with E-state index in [1.807, 2.05) is 0 Å². The molecule has 0 radical (unpaired) electrons. The van der Waals surface area contributed by atoms with Gasteiger partial charge in [0.2, 0.25) is 0 Å². The number of nitrogens with two attached hydrogens (primary N) is 1. The van der Waals surface area contributed by atoms with E-state index < -0.39 is 11.9 Å². The number of allylic oxidation sites excluding steroid dienone is 1. The Hall–Kier alpha value is -2.04. The van der Waals surface area contributed by atoms with Gasteiger partial charge in [-0.1, -0.05) is 79.1 Å². The van der Waals surface area contributed by atoms with Crippen LogP contribution in [-0.4, -0.2) is 81.7 Å². The van der Waals surface area contributed by atoms with E-state index in [4.69, 9.17) is 15.2 Å². The Balaban J connectivity index is 1.45. The first-order valence-corrected chi connectivity index (χ1v) is 19.2. The van der Waals surface area contributed by atoms with Crippen LogP contribution in [0, 0.1) is 62.6 Å². The highest BCUT2D eigenvalue weighted by Gasteiger charge is 2.72. The third-order valence-corrected chi connectivity index (χ3v) is 16.0. The van der Waals surface area contributed by atoms with E-state index in [2.05, 4.69) is 110 Å². The Morgan fingerprint density at radius 3 is 2.31 bits per heavy atom. The van der Waals surface area contributed by atoms with Crippen LogP contribution in [0.4, 0.5) is 5.95 Å². The van der Waals surface area contributed by atoms with Gasteiger partial charge in [0.05, 0.1) is 31.3 Å². The van der Waals surface area contributed by atoms with Gasteiger partial charge in [-0.15, -0.1) is 5.10 Å². The van der Waals surface area contributed by atoms with E-state index in [-0.39, 0.29) is 57.3 Å². The van der Waals surface area contributed by atoms with Crippen LogP contribution in [0.15, 0.2) is 11.6 Å². The fourth-order valence-corrected chi connectivity index (χ4v) is 13.3. The predicted octanol–water partition coefficient (Wildman–Crippen LogP) is 6.74. The minimum absolute atomic E-state index is 0.0304. The lowest BCUT2D eigenvalue weighted by molar-refractivity contribution is -0.262. The summed E-state index contributed by atoms with van der Waals surface area (Å²) < 4.78 is 14.0. The number of likely N-dealkylation sites (N-methyl/N-ethyl adjacent to an activating group) is 1. The van der Waals surface area contributed by atoms with Crippen molar-refractivity contribution in [2.75, 3.05) is 33.0 Å². The summed E-state index contributed by atoms with van der Waals surface area (Å²) in [5.74, 6) is 0.934. The summed E-state index contributed by atoms with van der Waals surface area (Å²) in [4.78, 5) is 17.5. The van der Waals surface area contributed by atoms with Crippen molar-refractivity contribution in [3.63, 3.8) is 0 Å². The van der Waals surface area contributed by atoms with Crippen LogP contribution in [0.5, 0.6) is 0 Å². The molecule has 13 atom stereocenters. The monoisotopic (exact) mass is 683 g/mol. The molecular formula is C39H66N6O4. The zero-order valence-corrected chi connectivity index (χ0v) is 32.5. The van der Waals surface area contributed by atoms with E-state index in [1.165, 1.54) is 5.57 Å². The number of ether oxygens (including phenoxy) is 2. The van der Waals surface area contributed by atoms with Crippen LogP contribution >= 0.6 is 0 Å². The molecule has 6 rings (SSSR count). The lowest BCUT2D eigenvalue weighted by Crippen LogP contribution is -2.69. The first-order chi connectivity index (χ1) is 22.8. The highest BCUT2D eigenvalue weighted by Crippen LogP contribution is 2.75. The van der Waals surface area contributed by atoms with E-state index in [0.717, 1.165) is 38.5 Å². The van der Waals surface area contributed by atoms with Crippen LogP contribution in [0.25, 0.3) is 0 Å². The molecule has 3 unspecified atom stereocenters. The quantitative estimate of drug-likeness (QED) is 0.272. The summed E-state index contributed by atoms with van der Waals surface area (Å²) >= 11 is 0. The number of fused-ring (bicyclic) bond motifs is 3. The zero-order valence-electron chi connectivity index (χ0n) is 32.5. The Kier molecular flexibility index (Phi) is 9.21. The Morgan fingerprint density at radius 2 is 1.73 bits per heavy atom. The maximum atomic E-state index is 13.5. The number of hydrogen-bond acceptors (Lipinski definition) is 8. The molecule has 0 spiro atoms. The zero-order chi connectivity index (χ0) is 36.1. The van der Waals surface area contributed by atoms with Gasteiger partial charge in [0.15, 0.2) is 0 Å². The third-order valence-electron chi connectivity index (χ3n) is 16.0. The predicted molar refractivity (Wildman–Crippen MR) is 191 cm³/mol. The molecule has 1 saturated heterocycles. The van der Waals surface area contributed by atoms with Crippen LogP contribution < -0.4 is 5.73 Å². The molecule has 3 saturated carbocycles. The van der Waals surface area contributed by atoms with Gasteiger partial charge in [-0.05, 0) is 111 Å². The lowest BCUT2D eigenvalue weighted by atomic mass is 9.34. The number of carboxylic acids is 1. The van der Waals surface area contributed by atoms with Crippen molar-refractivity contribution in [3.8, 4) is 0 Å². The number of tetrazole rings is 1. The molecule has 49 heavy (non-hydrogen) atoms. The second-order valence-corrected chi connectivity index (χ2v) is 19.0. The number of hydrogen-bond donors (Lipinski definition) is 2. The Bertz CT molecular complexity index is 1440. The number of nitrogens with zero attached hydrogens (tertiary/aromatic N) is 5. The summed E-state index contributed by atoms with van der Waals surface area (Å²) in [6.45, 7) is 24.2. The van der Waals surface area contributed by atoms with Crippen molar-refractivity contribution in [2.24, 2.45) is 62.6 Å². The first kappa shape index (κ1) is 36.7. The molecule has 0 aromatic carbocycles. The molecule has 4 aliphatic carbocycles. The highest BCUT2D eigenvalue weighted by molar-refractivity contribution is 5.73. The van der Waals surface area contributed by atoms with Gasteiger partial charge in [0.1, 0.15) is 6.04 Å². The number of anilines is 1. The topological polar surface area (TPSA) is 129 Å². The maximum Gasteiger partial charge on any atom is 0.307 e. The normalized spacial score (nSPS) is 43.7. The summed E-state index contributed by atoms with van der Waals surface area (Å²) in [6.07, 6.45) is 7.94. The van der Waals surface area contributed by atoms with Gasteiger partial charge in [-0.3, -0.25) is 4.79 Å². The molecule has 276 valence electrons. The van der Waals surface area contributed by atoms with Crippen LogP contribution in [-0.2, 0) is 14.3 Å². The van der Waals surface area contributed by atoms with E-state index in [9.17, 15) is 9.90 Å². The summed E-state index contributed by atoms with van der Waals surface area (Å²) in [5, 5.41) is 24.3. The number of aliphatic carboxylic acids is 1. The third kappa shape index (κ3) is 5.18. The van der Waals surface area contributed by atoms with Crippen molar-refractivity contribution < 1.29 is 19.4 Å². The van der Waals surface area contributed by atoms with Crippen LogP contribution in [0.1, 0.15) is 114 Å². The number of rotatable bonds is 9. The Morgan fingerprint density at radius 1 is 1.04 bits per heavy atom. The smallest absolute Gasteiger partial charge is 0.307 e. The standard InChI is InChI=1S/C39H66N6O4/c1-22(2)24(5)35(7)17-18-37(9)26-13-14-29-36(8)20-48-21-39(29,27(26)15-16-38(37,10)31(35)33(46)47)19-28(45-42-34(40)41-43-45)32(36)49-25(6)30(23(3)4)44(11)12/h15,22-26,28-32H,13-14,16-21H2,1-12H3,(H2,40,42)(H,46,47)/t24-,25?,26+,28-,29+,30?,31-,32+,35-,36?,37-,38+,39+/m1/s1. The molecular weight excluding hydrogens is 616 g/mol. The van der Waals surface area contributed by atoms with E-state index >= 15 is 0 Å². The van der Waals surface area contributed by atoms with E-state index in [1.54, 1.807) is 4.80 Å². The lowest BCUT2D eigenvalue weighted by Gasteiger charge is -2.71. The largest absolute Gasteiger partial charge is 0.481 e. The van der Waals surface area contributed by atoms with Crippen molar-refractivity contribution in [3.05, 3.63) is 11.6 Å². The molecule has 10 nitrogen and oxygen atoms in total. The number of carboxylic acid groups (broad SMARTS) is 1. The number of aromatic nitrogens is 4. The average Bonchev–Trinajstić information content (AvgIpc) is 3.44. The van der Waals surface area contributed by atoms with E-state index in [0.29, 0.717) is 42.8 Å². The van der Waals surface area contributed by atoms with Gasteiger partial charge < -0.3 is 25.2 Å². The minimum atomic E-state index is -0.625. The maximum absolute atomic E-state index is 13.5. The summed E-state index contributed by atoms with van der Waals surface area (Å²) in [7, 11) is 4.27. The molecule has 4 fully saturated rings. The van der Waals surface area contributed by atoms with Crippen LogP contribution in [0.3, 0.4) is 0 Å². The van der Waals surface area contributed by atoms with Gasteiger partial charge in [0.25, 0.3) is 5.95 Å². The molecule has 1 aromatic heterocycles. The van der Waals surface area contributed by atoms with Crippen molar-refractivity contribution >= 4 is 11.9 Å². The average molecular weight is 683 g/mol. The molecule has 2 bridgehead atoms. The molecule has 1 aromatic rings. The molecule has 1 aliphatic heterocycles. The van der Waals surface area contributed by atoms with Crippen molar-refractivity contribution in [2.45, 2.75) is 132 Å². The van der Waals surface area contributed by atoms with Gasteiger partial charge >= 0.3 is 5.97 Å². The minimum Gasteiger partial charge on any atom is -0.481 e.